The molecule has 7 heteroatoms. The summed E-state index contributed by atoms with van der Waals surface area (Å²) in [5.74, 6) is 1.89. The molecule has 0 saturated heterocycles. The zero-order chi connectivity index (χ0) is 19.1. The van der Waals surface area contributed by atoms with Gasteiger partial charge in [-0.15, -0.1) is 0 Å². The van der Waals surface area contributed by atoms with Gasteiger partial charge in [-0.1, -0.05) is 5.16 Å². The Kier molecular flexibility index (Phi) is 4.15. The predicted molar refractivity (Wildman–Crippen MR) is 102 cm³/mol. The van der Waals surface area contributed by atoms with Crippen LogP contribution in [0, 0.1) is 0 Å². The first-order valence-corrected chi connectivity index (χ1v) is 9.71. The summed E-state index contributed by atoms with van der Waals surface area (Å²) < 4.78 is 12.5. The largest absolute Gasteiger partial charge is 0.497 e. The fourth-order valence-corrected chi connectivity index (χ4v) is 3.84. The monoisotopic (exact) mass is 378 g/mol. The van der Waals surface area contributed by atoms with Crippen LogP contribution in [0.15, 0.2) is 41.1 Å². The molecule has 0 bridgehead atoms. The molecule has 0 aliphatic heterocycles. The lowest BCUT2D eigenvalue weighted by atomic mass is 9.92. The number of hydrogen-bond acceptors (Lipinski definition) is 5. The number of carbonyl (C=O) groups is 1. The first-order valence-electron chi connectivity index (χ1n) is 9.71. The molecular weight excluding hydrogens is 356 g/mol. The van der Waals surface area contributed by atoms with Crippen LogP contribution in [0.1, 0.15) is 65.1 Å². The van der Waals surface area contributed by atoms with Gasteiger partial charge >= 0.3 is 0 Å². The van der Waals surface area contributed by atoms with Crippen LogP contribution in [0.5, 0.6) is 5.75 Å². The minimum atomic E-state index is -0.189. The van der Waals surface area contributed by atoms with Gasteiger partial charge < -0.3 is 14.6 Å². The second-order valence-electron chi connectivity index (χ2n) is 7.46. The van der Waals surface area contributed by atoms with E-state index in [-0.39, 0.29) is 11.9 Å². The van der Waals surface area contributed by atoms with E-state index in [1.54, 1.807) is 13.2 Å². The van der Waals surface area contributed by atoms with Crippen LogP contribution in [-0.2, 0) is 6.42 Å². The van der Waals surface area contributed by atoms with E-state index in [1.807, 2.05) is 35.1 Å². The lowest BCUT2D eigenvalue weighted by Crippen LogP contribution is -2.31. The fraction of sp³-hybridized carbons (Fsp3) is 0.381. The highest BCUT2D eigenvalue weighted by molar-refractivity contribution is 5.92. The number of fused-ring (bicyclic) bond motifs is 1. The van der Waals surface area contributed by atoms with Gasteiger partial charge in [-0.25, -0.2) is 4.68 Å². The highest BCUT2D eigenvalue weighted by atomic mass is 16.5. The number of methoxy groups -OCH3 is 1. The number of ether oxygens (including phenoxy) is 1. The molecule has 1 amide bonds. The third kappa shape index (κ3) is 3.06. The number of benzene rings is 1. The summed E-state index contributed by atoms with van der Waals surface area (Å²) in [6, 6.07) is 9.54. The quantitative estimate of drug-likeness (QED) is 0.734. The summed E-state index contributed by atoms with van der Waals surface area (Å²) in [5, 5.41) is 11.6. The zero-order valence-electron chi connectivity index (χ0n) is 15.7. The van der Waals surface area contributed by atoms with Crippen LogP contribution in [-0.4, -0.2) is 28.0 Å². The van der Waals surface area contributed by atoms with Gasteiger partial charge in [0.05, 0.1) is 25.0 Å². The second-order valence-corrected chi connectivity index (χ2v) is 7.46. The first-order chi connectivity index (χ1) is 13.7. The van der Waals surface area contributed by atoms with Crippen molar-refractivity contribution in [1.82, 2.24) is 20.3 Å². The molecule has 144 valence electrons. The van der Waals surface area contributed by atoms with Crippen molar-refractivity contribution in [2.45, 2.75) is 44.1 Å². The van der Waals surface area contributed by atoms with E-state index in [9.17, 15) is 4.79 Å². The van der Waals surface area contributed by atoms with Crippen LogP contribution in [0.4, 0.5) is 0 Å². The van der Waals surface area contributed by atoms with E-state index < -0.39 is 0 Å². The molecule has 1 N–H and O–H groups in total. The number of amides is 1. The minimum absolute atomic E-state index is 0.0654. The maximum Gasteiger partial charge on any atom is 0.273 e. The molecule has 7 nitrogen and oxygen atoms in total. The average Bonchev–Trinajstić information content (AvgIpc) is 3.29. The molecule has 5 rings (SSSR count). The van der Waals surface area contributed by atoms with Crippen LogP contribution in [0.2, 0.25) is 0 Å². The molecule has 2 aliphatic rings. The fourth-order valence-electron chi connectivity index (χ4n) is 3.84. The van der Waals surface area contributed by atoms with Gasteiger partial charge in [0.2, 0.25) is 0 Å². The van der Waals surface area contributed by atoms with Gasteiger partial charge in [0.1, 0.15) is 11.5 Å². The second kappa shape index (κ2) is 6.82. The van der Waals surface area contributed by atoms with Gasteiger partial charge in [-0.05, 0) is 56.4 Å². The third-order valence-electron chi connectivity index (χ3n) is 5.55. The molecule has 0 spiro atoms. The van der Waals surface area contributed by atoms with Crippen molar-refractivity contribution in [3.63, 3.8) is 0 Å². The summed E-state index contributed by atoms with van der Waals surface area (Å²) in [6.45, 7) is 0. The minimum Gasteiger partial charge on any atom is -0.497 e. The van der Waals surface area contributed by atoms with Crippen molar-refractivity contribution < 1.29 is 14.1 Å². The summed E-state index contributed by atoms with van der Waals surface area (Å²) in [6.07, 6.45) is 6.91. The predicted octanol–water partition coefficient (Wildman–Crippen LogP) is 3.55. The van der Waals surface area contributed by atoms with Crippen LogP contribution >= 0.6 is 0 Å². The summed E-state index contributed by atoms with van der Waals surface area (Å²) in [5.41, 5.74) is 3.55. The van der Waals surface area contributed by atoms with E-state index in [0.717, 1.165) is 60.6 Å². The Balaban J connectivity index is 1.36. The van der Waals surface area contributed by atoms with E-state index in [0.29, 0.717) is 11.6 Å². The van der Waals surface area contributed by atoms with E-state index in [4.69, 9.17) is 9.26 Å². The maximum absolute atomic E-state index is 12.7. The molecular formula is C21H22N4O3. The normalized spacial score (nSPS) is 18.5. The van der Waals surface area contributed by atoms with Crippen molar-refractivity contribution in [3.05, 3.63) is 59.2 Å². The highest BCUT2D eigenvalue weighted by Gasteiger charge is 2.30. The number of hydrogen-bond donors (Lipinski definition) is 1. The Morgan fingerprint density at radius 2 is 2.07 bits per heavy atom. The van der Waals surface area contributed by atoms with Gasteiger partial charge in [0.25, 0.3) is 5.91 Å². The Hall–Kier alpha value is -3.09. The Morgan fingerprint density at radius 1 is 1.25 bits per heavy atom. The third-order valence-corrected chi connectivity index (χ3v) is 5.55. The molecule has 28 heavy (non-hydrogen) atoms. The lowest BCUT2D eigenvalue weighted by molar-refractivity contribution is 0.0923. The van der Waals surface area contributed by atoms with Gasteiger partial charge in [-0.3, -0.25) is 4.79 Å². The van der Waals surface area contributed by atoms with Crippen LogP contribution in [0.25, 0.3) is 5.69 Å². The van der Waals surface area contributed by atoms with Gasteiger partial charge in [0.15, 0.2) is 5.69 Å². The molecule has 1 atom stereocenters. The first kappa shape index (κ1) is 17.0. The molecule has 2 aromatic heterocycles. The van der Waals surface area contributed by atoms with Gasteiger partial charge in [0, 0.05) is 23.2 Å². The summed E-state index contributed by atoms with van der Waals surface area (Å²) >= 11 is 0. The molecule has 3 aromatic rings. The molecule has 0 unspecified atom stereocenters. The summed E-state index contributed by atoms with van der Waals surface area (Å²) in [7, 11) is 1.65. The van der Waals surface area contributed by atoms with Gasteiger partial charge in [-0.2, -0.15) is 5.10 Å². The SMILES string of the molecule is COc1ccc(-n2ncc3c2CCC[C@@H]3NC(=O)c2cc(C3CC3)on2)cc1. The van der Waals surface area contributed by atoms with E-state index in [2.05, 4.69) is 15.6 Å². The number of aromatic nitrogens is 3. The average molecular weight is 378 g/mol. The zero-order valence-corrected chi connectivity index (χ0v) is 15.7. The Labute approximate surface area is 162 Å². The van der Waals surface area contributed by atoms with Crippen molar-refractivity contribution in [2.24, 2.45) is 0 Å². The number of carbonyl (C=O) groups excluding carboxylic acids is 1. The molecule has 1 aromatic carbocycles. The molecule has 2 aliphatic carbocycles. The van der Waals surface area contributed by atoms with E-state index >= 15 is 0 Å². The van der Waals surface area contributed by atoms with Crippen molar-refractivity contribution >= 4 is 5.91 Å². The van der Waals surface area contributed by atoms with E-state index in [1.165, 1.54) is 0 Å². The molecule has 1 saturated carbocycles. The maximum atomic E-state index is 12.7. The van der Waals surface area contributed by atoms with Crippen molar-refractivity contribution in [2.75, 3.05) is 7.11 Å². The van der Waals surface area contributed by atoms with Crippen molar-refractivity contribution in [1.29, 1.82) is 0 Å². The summed E-state index contributed by atoms with van der Waals surface area (Å²) in [4.78, 5) is 12.7. The number of nitrogens with one attached hydrogen (secondary N) is 1. The number of nitrogens with zero attached hydrogens (tertiary/aromatic N) is 3. The molecule has 2 heterocycles. The topological polar surface area (TPSA) is 82.2 Å². The highest BCUT2D eigenvalue weighted by Crippen LogP contribution is 2.40. The van der Waals surface area contributed by atoms with Crippen LogP contribution in [0.3, 0.4) is 0 Å². The molecule has 0 radical (unpaired) electrons. The lowest BCUT2D eigenvalue weighted by Gasteiger charge is -2.24. The Morgan fingerprint density at radius 3 is 2.82 bits per heavy atom. The smallest absolute Gasteiger partial charge is 0.273 e. The number of rotatable bonds is 5. The van der Waals surface area contributed by atoms with Crippen LogP contribution < -0.4 is 10.1 Å². The Bertz CT molecular complexity index is 1000. The molecule has 1 fully saturated rings. The standard InChI is InChI=1S/C21H22N4O3/c1-27-15-9-7-14(8-10-15)25-19-4-2-3-17(16(19)12-22-25)23-21(26)18-11-20(28-24-18)13-5-6-13/h7-13,17H,2-6H2,1H3,(H,23,26)/t17-/m0/s1. The van der Waals surface area contributed by atoms with Crippen molar-refractivity contribution in [3.8, 4) is 11.4 Å².